The van der Waals surface area contributed by atoms with Crippen LogP contribution in [0.3, 0.4) is 0 Å². The van der Waals surface area contributed by atoms with Gasteiger partial charge in [-0.15, -0.1) is 0 Å². The molecule has 0 aliphatic rings. The summed E-state index contributed by atoms with van der Waals surface area (Å²) in [5, 5.41) is 10.2. The van der Waals surface area contributed by atoms with Crippen molar-refractivity contribution in [3.05, 3.63) is 23.9 Å². The molecule has 0 saturated heterocycles. The number of aromatic nitrogens is 2. The van der Waals surface area contributed by atoms with Crippen molar-refractivity contribution >= 4 is 28.4 Å². The lowest BCUT2D eigenvalue weighted by Gasteiger charge is -2.03. The van der Waals surface area contributed by atoms with E-state index in [1.807, 2.05) is 0 Å². The topological polar surface area (TPSA) is 127 Å². The van der Waals surface area contributed by atoms with Gasteiger partial charge in [0.1, 0.15) is 0 Å². The highest BCUT2D eigenvalue weighted by molar-refractivity contribution is 6.05. The number of benzene rings is 1. The minimum atomic E-state index is -0.329. The molecule has 0 aliphatic heterocycles. The number of nitrogen functional groups attached to an aromatic ring is 1. The maximum Gasteiger partial charge on any atom is 0.272 e. The maximum absolute atomic E-state index is 12.0. The molecule has 0 spiro atoms. The van der Waals surface area contributed by atoms with E-state index in [0.717, 1.165) is 5.52 Å². The predicted molar refractivity (Wildman–Crippen MR) is 75.9 cm³/mol. The third-order valence-corrected chi connectivity index (χ3v) is 2.94. The van der Waals surface area contributed by atoms with Crippen molar-refractivity contribution in [1.82, 2.24) is 15.5 Å². The molecule has 7 nitrogen and oxygen atoms in total. The quantitative estimate of drug-likeness (QED) is 0.453. The highest BCUT2D eigenvalue weighted by Gasteiger charge is 2.13. The molecule has 20 heavy (non-hydrogen) atoms. The van der Waals surface area contributed by atoms with Crippen LogP contribution < -0.4 is 16.8 Å². The number of fused-ring (bicyclic) bond motifs is 1. The summed E-state index contributed by atoms with van der Waals surface area (Å²) in [7, 11) is 0. The second-order valence-corrected chi connectivity index (χ2v) is 4.56. The Bertz CT molecular complexity index is 635. The minimum absolute atomic E-state index is 0.263. The summed E-state index contributed by atoms with van der Waals surface area (Å²) < 4.78 is 0. The van der Waals surface area contributed by atoms with Gasteiger partial charge < -0.3 is 16.8 Å². The number of nitrogens with two attached hydrogens (primary N) is 2. The number of carbonyl (C=O) groups is 2. The first-order chi connectivity index (χ1) is 9.58. The van der Waals surface area contributed by atoms with Gasteiger partial charge in [0, 0.05) is 24.0 Å². The zero-order chi connectivity index (χ0) is 14.5. The van der Waals surface area contributed by atoms with Gasteiger partial charge in [-0.1, -0.05) is 0 Å². The number of aromatic amines is 1. The molecule has 2 aromatic rings. The summed E-state index contributed by atoms with van der Waals surface area (Å²) in [6, 6.07) is 5.23. The van der Waals surface area contributed by atoms with Crippen LogP contribution in [0.25, 0.3) is 10.9 Å². The molecule has 0 aliphatic carbocycles. The van der Waals surface area contributed by atoms with Crippen LogP contribution in [0.15, 0.2) is 18.2 Å². The van der Waals surface area contributed by atoms with Crippen molar-refractivity contribution in [1.29, 1.82) is 0 Å². The van der Waals surface area contributed by atoms with Crippen LogP contribution in [-0.4, -0.2) is 28.6 Å². The van der Waals surface area contributed by atoms with Gasteiger partial charge in [0.05, 0.1) is 5.52 Å². The lowest BCUT2D eigenvalue weighted by Crippen LogP contribution is -2.25. The van der Waals surface area contributed by atoms with E-state index < -0.39 is 0 Å². The molecular weight excluding hydrogens is 258 g/mol. The molecule has 0 bridgehead atoms. The van der Waals surface area contributed by atoms with Gasteiger partial charge in [-0.3, -0.25) is 14.7 Å². The van der Waals surface area contributed by atoms with E-state index in [2.05, 4.69) is 15.5 Å². The fourth-order valence-electron chi connectivity index (χ4n) is 1.91. The van der Waals surface area contributed by atoms with E-state index in [1.54, 1.807) is 18.2 Å². The van der Waals surface area contributed by atoms with Crippen molar-refractivity contribution in [2.75, 3.05) is 12.3 Å². The van der Waals surface area contributed by atoms with Crippen LogP contribution >= 0.6 is 0 Å². The molecule has 7 heteroatoms. The number of nitrogens with one attached hydrogen (secondary N) is 2. The smallest absolute Gasteiger partial charge is 0.272 e. The van der Waals surface area contributed by atoms with E-state index in [0.29, 0.717) is 42.6 Å². The third-order valence-electron chi connectivity index (χ3n) is 2.94. The average Bonchev–Trinajstić information content (AvgIpc) is 2.80. The molecule has 2 rings (SSSR count). The SMILES string of the molecule is NC(=O)CCCCNC(=O)c1n[nH]c2ccc(N)cc12. The molecular formula is C13H17N5O2. The average molecular weight is 275 g/mol. The molecule has 106 valence electrons. The maximum atomic E-state index is 12.0. The summed E-state index contributed by atoms with van der Waals surface area (Å²) >= 11 is 0. The predicted octanol–water partition coefficient (Wildman–Crippen LogP) is 0.530. The zero-order valence-corrected chi connectivity index (χ0v) is 11.0. The highest BCUT2D eigenvalue weighted by Crippen LogP contribution is 2.18. The second kappa shape index (κ2) is 6.05. The summed E-state index contributed by atoms with van der Waals surface area (Å²) in [5.41, 5.74) is 12.4. The number of unbranched alkanes of at least 4 members (excludes halogenated alkanes) is 1. The number of hydrogen-bond acceptors (Lipinski definition) is 4. The first kappa shape index (κ1) is 13.9. The molecule has 0 atom stereocenters. The first-order valence-electron chi connectivity index (χ1n) is 6.38. The van der Waals surface area contributed by atoms with Crippen molar-refractivity contribution in [2.45, 2.75) is 19.3 Å². The van der Waals surface area contributed by atoms with E-state index in [4.69, 9.17) is 11.5 Å². The number of primary amides is 1. The number of carbonyl (C=O) groups excluding carboxylic acids is 2. The normalized spacial score (nSPS) is 10.6. The Morgan fingerprint density at radius 2 is 2.10 bits per heavy atom. The number of nitrogens with zero attached hydrogens (tertiary/aromatic N) is 1. The van der Waals surface area contributed by atoms with Gasteiger partial charge in [0.15, 0.2) is 5.69 Å². The molecule has 0 saturated carbocycles. The van der Waals surface area contributed by atoms with E-state index in [9.17, 15) is 9.59 Å². The number of hydrogen-bond donors (Lipinski definition) is 4. The Kier molecular flexibility index (Phi) is 4.19. The Balaban J connectivity index is 1.94. The monoisotopic (exact) mass is 275 g/mol. The van der Waals surface area contributed by atoms with Crippen molar-refractivity contribution in [2.24, 2.45) is 5.73 Å². The van der Waals surface area contributed by atoms with Crippen LogP contribution in [0.5, 0.6) is 0 Å². The molecule has 1 aromatic carbocycles. The van der Waals surface area contributed by atoms with Gasteiger partial charge in [0.25, 0.3) is 5.91 Å². The standard InChI is InChI=1S/C13H17N5O2/c14-8-4-5-10-9(7-8)12(18-17-10)13(20)16-6-2-1-3-11(15)19/h4-5,7H,1-3,6,14H2,(H2,15,19)(H,16,20)(H,17,18). The van der Waals surface area contributed by atoms with Crippen LogP contribution in [0, 0.1) is 0 Å². The molecule has 0 unspecified atom stereocenters. The van der Waals surface area contributed by atoms with Gasteiger partial charge in [0.2, 0.25) is 5.91 Å². The molecule has 0 fully saturated rings. The summed E-state index contributed by atoms with van der Waals surface area (Å²) in [5.74, 6) is -0.592. The number of H-pyrrole nitrogens is 1. The largest absolute Gasteiger partial charge is 0.399 e. The second-order valence-electron chi connectivity index (χ2n) is 4.56. The summed E-state index contributed by atoms with van der Waals surface area (Å²) in [4.78, 5) is 22.6. The van der Waals surface area contributed by atoms with Crippen LogP contribution in [0.2, 0.25) is 0 Å². The van der Waals surface area contributed by atoms with E-state index in [1.165, 1.54) is 0 Å². The van der Waals surface area contributed by atoms with E-state index in [-0.39, 0.29) is 11.8 Å². The summed E-state index contributed by atoms with van der Waals surface area (Å²) in [6.07, 6.45) is 1.68. The fourth-order valence-corrected chi connectivity index (χ4v) is 1.91. The molecule has 0 radical (unpaired) electrons. The lowest BCUT2D eigenvalue weighted by molar-refractivity contribution is -0.118. The van der Waals surface area contributed by atoms with Gasteiger partial charge in [-0.2, -0.15) is 5.10 Å². The van der Waals surface area contributed by atoms with Crippen molar-refractivity contribution in [3.63, 3.8) is 0 Å². The van der Waals surface area contributed by atoms with Crippen molar-refractivity contribution < 1.29 is 9.59 Å². The van der Waals surface area contributed by atoms with Crippen LogP contribution in [-0.2, 0) is 4.79 Å². The van der Waals surface area contributed by atoms with Crippen LogP contribution in [0.4, 0.5) is 5.69 Å². The number of anilines is 1. The fraction of sp³-hybridized carbons (Fsp3) is 0.308. The van der Waals surface area contributed by atoms with Crippen LogP contribution in [0.1, 0.15) is 29.8 Å². The lowest BCUT2D eigenvalue weighted by atomic mass is 10.2. The zero-order valence-electron chi connectivity index (χ0n) is 11.0. The Morgan fingerprint density at radius 3 is 2.85 bits per heavy atom. The molecule has 1 heterocycles. The van der Waals surface area contributed by atoms with Gasteiger partial charge in [-0.05, 0) is 31.0 Å². The molecule has 2 amide bonds. The van der Waals surface area contributed by atoms with Gasteiger partial charge >= 0.3 is 0 Å². The Hall–Kier alpha value is -2.57. The Morgan fingerprint density at radius 1 is 1.30 bits per heavy atom. The molecule has 6 N–H and O–H groups in total. The van der Waals surface area contributed by atoms with Crippen molar-refractivity contribution in [3.8, 4) is 0 Å². The highest BCUT2D eigenvalue weighted by atomic mass is 16.2. The number of amides is 2. The third kappa shape index (κ3) is 3.25. The Labute approximate surface area is 115 Å². The first-order valence-corrected chi connectivity index (χ1v) is 6.38. The summed E-state index contributed by atoms with van der Waals surface area (Å²) in [6.45, 7) is 0.475. The van der Waals surface area contributed by atoms with E-state index >= 15 is 0 Å². The molecule has 1 aromatic heterocycles. The van der Waals surface area contributed by atoms with Gasteiger partial charge in [-0.25, -0.2) is 0 Å². The minimum Gasteiger partial charge on any atom is -0.399 e. The number of rotatable bonds is 6.